The lowest BCUT2D eigenvalue weighted by atomic mass is 10.1. The van der Waals surface area contributed by atoms with E-state index in [0.29, 0.717) is 6.61 Å². The highest BCUT2D eigenvalue weighted by molar-refractivity contribution is 5.26. The lowest BCUT2D eigenvalue weighted by Crippen LogP contribution is -2.21. The second-order valence-electron chi connectivity index (χ2n) is 4.76. The Morgan fingerprint density at radius 2 is 1.68 bits per heavy atom. The Kier molecular flexibility index (Phi) is 4.99. The molecule has 2 rings (SSSR count). The van der Waals surface area contributed by atoms with Gasteiger partial charge in [0.05, 0.1) is 0 Å². The van der Waals surface area contributed by atoms with Crippen LogP contribution in [0.5, 0.6) is 5.75 Å². The molecule has 0 heterocycles. The van der Waals surface area contributed by atoms with E-state index in [1.807, 2.05) is 12.1 Å². The van der Waals surface area contributed by atoms with E-state index >= 15 is 0 Å². The summed E-state index contributed by atoms with van der Waals surface area (Å²) in [7, 11) is 0. The fourth-order valence-corrected chi connectivity index (χ4v) is 1.91. The Labute approximate surface area is 115 Å². The number of aryl methyl sites for hydroxylation is 2. The van der Waals surface area contributed by atoms with Gasteiger partial charge in [0.15, 0.2) is 0 Å². The molecule has 0 saturated carbocycles. The lowest BCUT2D eigenvalue weighted by Gasteiger charge is -2.09. The van der Waals surface area contributed by atoms with Gasteiger partial charge >= 0.3 is 0 Å². The van der Waals surface area contributed by atoms with E-state index in [9.17, 15) is 0 Å². The van der Waals surface area contributed by atoms with E-state index in [-0.39, 0.29) is 0 Å². The fourth-order valence-electron chi connectivity index (χ4n) is 1.91. The summed E-state index contributed by atoms with van der Waals surface area (Å²) in [5, 5.41) is 3.40. The summed E-state index contributed by atoms with van der Waals surface area (Å²) in [4.78, 5) is 0. The summed E-state index contributed by atoms with van der Waals surface area (Å²) in [6.07, 6.45) is 0. The molecular weight excluding hydrogens is 234 g/mol. The standard InChI is InChI=1S/C17H21NO/c1-14-7-9-17(10-8-14)19-12-11-18-13-16-6-4-3-5-15(16)2/h3-10,18H,11-13H2,1-2H3. The van der Waals surface area contributed by atoms with Gasteiger partial charge in [0.1, 0.15) is 12.4 Å². The topological polar surface area (TPSA) is 21.3 Å². The van der Waals surface area contributed by atoms with Crippen LogP contribution in [0, 0.1) is 13.8 Å². The number of benzene rings is 2. The second kappa shape index (κ2) is 6.95. The first kappa shape index (κ1) is 13.6. The molecule has 0 aliphatic rings. The number of rotatable bonds is 6. The molecule has 2 heteroatoms. The smallest absolute Gasteiger partial charge is 0.119 e. The van der Waals surface area contributed by atoms with Gasteiger partial charge in [0.25, 0.3) is 0 Å². The molecule has 0 spiro atoms. The van der Waals surface area contributed by atoms with Gasteiger partial charge in [-0.1, -0.05) is 42.0 Å². The van der Waals surface area contributed by atoms with Gasteiger partial charge in [0.2, 0.25) is 0 Å². The van der Waals surface area contributed by atoms with Crippen molar-refractivity contribution in [2.45, 2.75) is 20.4 Å². The molecule has 2 aromatic carbocycles. The largest absolute Gasteiger partial charge is 0.492 e. The Bertz CT molecular complexity index is 505. The molecule has 0 saturated heterocycles. The summed E-state index contributed by atoms with van der Waals surface area (Å²) >= 11 is 0. The number of ether oxygens (including phenoxy) is 1. The predicted octanol–water partition coefficient (Wildman–Crippen LogP) is 3.47. The van der Waals surface area contributed by atoms with Crippen LogP contribution < -0.4 is 10.1 Å². The van der Waals surface area contributed by atoms with Gasteiger partial charge < -0.3 is 10.1 Å². The first-order chi connectivity index (χ1) is 9.25. The zero-order chi connectivity index (χ0) is 13.5. The van der Waals surface area contributed by atoms with Gasteiger partial charge in [-0.15, -0.1) is 0 Å². The predicted molar refractivity (Wildman–Crippen MR) is 79.6 cm³/mol. The SMILES string of the molecule is Cc1ccc(OCCNCc2ccccc2C)cc1. The molecule has 2 nitrogen and oxygen atoms in total. The van der Waals surface area contributed by atoms with Gasteiger partial charge in [-0.05, 0) is 37.1 Å². The number of nitrogens with one attached hydrogen (secondary N) is 1. The van der Waals surface area contributed by atoms with Crippen LogP contribution in [0.25, 0.3) is 0 Å². The highest BCUT2D eigenvalue weighted by atomic mass is 16.5. The summed E-state index contributed by atoms with van der Waals surface area (Å²) in [5.74, 6) is 0.934. The molecule has 2 aromatic rings. The molecule has 0 bridgehead atoms. The van der Waals surface area contributed by atoms with E-state index < -0.39 is 0 Å². The molecule has 0 unspecified atom stereocenters. The third kappa shape index (κ3) is 4.42. The molecule has 0 amide bonds. The van der Waals surface area contributed by atoms with Crippen molar-refractivity contribution in [1.29, 1.82) is 0 Å². The summed E-state index contributed by atoms with van der Waals surface area (Å²) in [5.41, 5.74) is 3.93. The van der Waals surface area contributed by atoms with Crippen molar-refractivity contribution in [3.8, 4) is 5.75 Å². The van der Waals surface area contributed by atoms with Crippen molar-refractivity contribution in [3.05, 3.63) is 65.2 Å². The number of hydrogen-bond acceptors (Lipinski definition) is 2. The average Bonchev–Trinajstić information content (AvgIpc) is 2.42. The highest BCUT2D eigenvalue weighted by Gasteiger charge is 1.96. The molecule has 0 aliphatic carbocycles. The average molecular weight is 255 g/mol. The van der Waals surface area contributed by atoms with Crippen molar-refractivity contribution in [2.24, 2.45) is 0 Å². The van der Waals surface area contributed by atoms with Crippen LogP contribution in [-0.2, 0) is 6.54 Å². The van der Waals surface area contributed by atoms with Gasteiger partial charge in [-0.2, -0.15) is 0 Å². The Hall–Kier alpha value is -1.80. The first-order valence-electron chi connectivity index (χ1n) is 6.70. The van der Waals surface area contributed by atoms with Crippen molar-refractivity contribution in [1.82, 2.24) is 5.32 Å². The van der Waals surface area contributed by atoms with Crippen LogP contribution in [0.15, 0.2) is 48.5 Å². The van der Waals surface area contributed by atoms with Crippen LogP contribution in [0.3, 0.4) is 0 Å². The van der Waals surface area contributed by atoms with Crippen LogP contribution in [-0.4, -0.2) is 13.2 Å². The monoisotopic (exact) mass is 255 g/mol. The maximum Gasteiger partial charge on any atom is 0.119 e. The molecule has 0 atom stereocenters. The zero-order valence-corrected chi connectivity index (χ0v) is 11.6. The van der Waals surface area contributed by atoms with Crippen molar-refractivity contribution in [2.75, 3.05) is 13.2 Å². The Balaban J connectivity index is 1.67. The lowest BCUT2D eigenvalue weighted by molar-refractivity contribution is 0.313. The summed E-state index contributed by atoms with van der Waals surface area (Å²) < 4.78 is 5.67. The van der Waals surface area contributed by atoms with Crippen molar-refractivity contribution >= 4 is 0 Å². The van der Waals surface area contributed by atoms with Gasteiger partial charge in [0, 0.05) is 13.1 Å². The normalized spacial score (nSPS) is 10.4. The van der Waals surface area contributed by atoms with E-state index in [0.717, 1.165) is 18.8 Å². The molecule has 100 valence electrons. The molecule has 0 fully saturated rings. The molecule has 1 N–H and O–H groups in total. The quantitative estimate of drug-likeness (QED) is 0.798. The van der Waals surface area contributed by atoms with E-state index in [4.69, 9.17) is 4.74 Å². The minimum atomic E-state index is 0.689. The van der Waals surface area contributed by atoms with E-state index in [1.54, 1.807) is 0 Å². The van der Waals surface area contributed by atoms with E-state index in [1.165, 1.54) is 16.7 Å². The summed E-state index contributed by atoms with van der Waals surface area (Å²) in [6.45, 7) is 6.65. The van der Waals surface area contributed by atoms with Gasteiger partial charge in [-0.25, -0.2) is 0 Å². The third-order valence-corrected chi connectivity index (χ3v) is 3.15. The van der Waals surface area contributed by atoms with Crippen LogP contribution >= 0.6 is 0 Å². The Morgan fingerprint density at radius 1 is 0.947 bits per heavy atom. The maximum atomic E-state index is 5.67. The molecule has 0 radical (unpaired) electrons. The minimum absolute atomic E-state index is 0.689. The van der Waals surface area contributed by atoms with Crippen LogP contribution in [0.4, 0.5) is 0 Å². The van der Waals surface area contributed by atoms with Crippen molar-refractivity contribution < 1.29 is 4.74 Å². The second-order valence-corrected chi connectivity index (χ2v) is 4.76. The highest BCUT2D eigenvalue weighted by Crippen LogP contribution is 2.11. The summed E-state index contributed by atoms with van der Waals surface area (Å²) in [6, 6.07) is 16.6. The fraction of sp³-hybridized carbons (Fsp3) is 0.294. The molecule has 19 heavy (non-hydrogen) atoms. The molecule has 0 aromatic heterocycles. The zero-order valence-electron chi connectivity index (χ0n) is 11.6. The van der Waals surface area contributed by atoms with Crippen molar-refractivity contribution in [3.63, 3.8) is 0 Å². The Morgan fingerprint density at radius 3 is 2.42 bits per heavy atom. The first-order valence-corrected chi connectivity index (χ1v) is 6.70. The number of hydrogen-bond donors (Lipinski definition) is 1. The molecular formula is C17H21NO. The molecule has 0 aliphatic heterocycles. The van der Waals surface area contributed by atoms with Gasteiger partial charge in [-0.3, -0.25) is 0 Å². The maximum absolute atomic E-state index is 5.67. The van der Waals surface area contributed by atoms with E-state index in [2.05, 4.69) is 55.6 Å². The third-order valence-electron chi connectivity index (χ3n) is 3.15. The van der Waals surface area contributed by atoms with Crippen LogP contribution in [0.2, 0.25) is 0 Å². The minimum Gasteiger partial charge on any atom is -0.492 e. The van der Waals surface area contributed by atoms with Crippen LogP contribution in [0.1, 0.15) is 16.7 Å².